The van der Waals surface area contributed by atoms with Gasteiger partial charge in [-0.3, -0.25) is 0 Å². The lowest BCUT2D eigenvalue weighted by molar-refractivity contribution is -0.0368. The number of hydrogen-bond acceptors (Lipinski definition) is 4. The molecule has 6 nitrogen and oxygen atoms in total. The molecule has 8 heteroatoms. The van der Waals surface area contributed by atoms with Crippen molar-refractivity contribution in [3.05, 3.63) is 53.9 Å². The van der Waals surface area contributed by atoms with Crippen molar-refractivity contribution in [2.45, 2.75) is 38.8 Å². The van der Waals surface area contributed by atoms with E-state index in [-0.39, 0.29) is 11.8 Å². The molecule has 1 aliphatic heterocycles. The van der Waals surface area contributed by atoms with E-state index < -0.39 is 17.4 Å². The molecule has 1 fully saturated rings. The van der Waals surface area contributed by atoms with Gasteiger partial charge in [-0.05, 0) is 55.0 Å². The maximum Gasteiger partial charge on any atom is 0.165 e. The number of benzene rings is 2. The molecule has 1 saturated heterocycles. The predicted octanol–water partition coefficient (Wildman–Crippen LogP) is 5.34. The highest BCUT2D eigenvalue weighted by molar-refractivity contribution is 5.95. The molecule has 4 aromatic rings. The molecule has 31 heavy (non-hydrogen) atoms. The summed E-state index contributed by atoms with van der Waals surface area (Å²) in [5, 5.41) is 15.0. The number of ether oxygens (including phenoxy) is 1. The molecule has 2 aromatic carbocycles. The van der Waals surface area contributed by atoms with Crippen molar-refractivity contribution in [3.8, 4) is 28.4 Å². The quantitative estimate of drug-likeness (QED) is 0.464. The number of aryl methyl sites for hydroxylation is 1. The lowest BCUT2D eigenvalue weighted by Gasteiger charge is -2.23. The van der Waals surface area contributed by atoms with Crippen molar-refractivity contribution in [2.24, 2.45) is 0 Å². The number of H-pyrrole nitrogens is 1. The van der Waals surface area contributed by atoms with E-state index in [1.807, 2.05) is 6.92 Å². The zero-order chi connectivity index (χ0) is 21.5. The van der Waals surface area contributed by atoms with Crippen LogP contribution in [0.25, 0.3) is 33.5 Å². The minimum absolute atomic E-state index is 0.256. The van der Waals surface area contributed by atoms with Gasteiger partial charge in [0.25, 0.3) is 0 Å². The highest BCUT2D eigenvalue weighted by Gasteiger charge is 2.26. The van der Waals surface area contributed by atoms with Gasteiger partial charge < -0.3 is 14.8 Å². The SMILES string of the molecule is CCc1cc(O)c(F)cc1-c1ccc2c(-c3ncc[nH]3)nn(C3CCCCO3)c2c1F. The van der Waals surface area contributed by atoms with Crippen LogP contribution in [-0.4, -0.2) is 31.5 Å². The highest BCUT2D eigenvalue weighted by atomic mass is 19.1. The summed E-state index contributed by atoms with van der Waals surface area (Å²) in [5.74, 6) is -1.19. The van der Waals surface area contributed by atoms with Crippen LogP contribution in [0.15, 0.2) is 36.7 Å². The molecule has 0 aliphatic carbocycles. The second-order valence-electron chi connectivity index (χ2n) is 7.69. The van der Waals surface area contributed by atoms with Crippen molar-refractivity contribution in [3.63, 3.8) is 0 Å². The summed E-state index contributed by atoms with van der Waals surface area (Å²) in [6.07, 6.45) is 6.10. The first-order valence-corrected chi connectivity index (χ1v) is 10.4. The van der Waals surface area contributed by atoms with Gasteiger partial charge in [-0.25, -0.2) is 18.4 Å². The number of imidazole rings is 1. The zero-order valence-electron chi connectivity index (χ0n) is 17.0. The number of hydrogen-bond donors (Lipinski definition) is 2. The number of nitrogens with zero attached hydrogens (tertiary/aromatic N) is 3. The van der Waals surface area contributed by atoms with Crippen molar-refractivity contribution < 1.29 is 18.6 Å². The lowest BCUT2D eigenvalue weighted by Crippen LogP contribution is -2.19. The van der Waals surface area contributed by atoms with Crippen LogP contribution >= 0.6 is 0 Å². The van der Waals surface area contributed by atoms with Gasteiger partial charge in [0.05, 0.1) is 0 Å². The molecular formula is C23H22F2N4O2. The van der Waals surface area contributed by atoms with Crippen LogP contribution in [0.1, 0.15) is 38.0 Å². The third-order valence-electron chi connectivity index (χ3n) is 5.80. The van der Waals surface area contributed by atoms with Crippen molar-refractivity contribution in [2.75, 3.05) is 6.61 Å². The summed E-state index contributed by atoms with van der Waals surface area (Å²) >= 11 is 0. The standard InChI is InChI=1S/C23H22F2N4O2/c1-2-13-11-18(30)17(24)12-16(13)14-6-7-15-21(23-26-8-9-27-23)28-29(22(15)20(14)25)19-5-3-4-10-31-19/h6-9,11-12,19,30H,2-5,10H2,1H3,(H,26,27). The molecule has 0 radical (unpaired) electrons. The Labute approximate surface area is 177 Å². The number of halogens is 2. The second-order valence-corrected chi connectivity index (χ2v) is 7.69. The molecule has 2 N–H and O–H groups in total. The molecule has 2 aromatic heterocycles. The maximum atomic E-state index is 16.0. The Bertz CT molecular complexity index is 1240. The second kappa shape index (κ2) is 7.77. The van der Waals surface area contributed by atoms with Crippen molar-refractivity contribution in [1.82, 2.24) is 19.7 Å². The minimum Gasteiger partial charge on any atom is -0.505 e. The van der Waals surface area contributed by atoms with Gasteiger partial charge in [-0.2, -0.15) is 5.10 Å². The van der Waals surface area contributed by atoms with Gasteiger partial charge in [0.15, 0.2) is 29.4 Å². The van der Waals surface area contributed by atoms with Crippen LogP contribution < -0.4 is 0 Å². The van der Waals surface area contributed by atoms with E-state index in [4.69, 9.17) is 4.74 Å². The van der Waals surface area contributed by atoms with Crippen molar-refractivity contribution in [1.29, 1.82) is 0 Å². The summed E-state index contributed by atoms with van der Waals surface area (Å²) in [5.41, 5.74) is 2.15. The first-order chi connectivity index (χ1) is 15.1. The Kier molecular flexibility index (Phi) is 4.94. The molecule has 1 atom stereocenters. The van der Waals surface area contributed by atoms with Crippen LogP contribution in [0.4, 0.5) is 8.78 Å². The molecule has 1 unspecified atom stereocenters. The number of aromatic nitrogens is 4. The molecule has 5 rings (SSSR count). The Morgan fingerprint density at radius 1 is 1.23 bits per heavy atom. The molecule has 0 amide bonds. The summed E-state index contributed by atoms with van der Waals surface area (Å²) in [6, 6.07) is 5.94. The Morgan fingerprint density at radius 3 is 2.81 bits per heavy atom. The van der Waals surface area contributed by atoms with E-state index in [9.17, 15) is 9.50 Å². The van der Waals surface area contributed by atoms with Crippen LogP contribution in [0.3, 0.4) is 0 Å². The molecule has 0 spiro atoms. The van der Waals surface area contributed by atoms with E-state index >= 15 is 4.39 Å². The number of phenolic OH excluding ortho intramolecular Hbond substituents is 1. The first-order valence-electron chi connectivity index (χ1n) is 10.4. The topological polar surface area (TPSA) is 76.0 Å². The fourth-order valence-corrected chi connectivity index (χ4v) is 4.24. The van der Waals surface area contributed by atoms with Crippen molar-refractivity contribution >= 4 is 10.9 Å². The fraction of sp³-hybridized carbons (Fsp3) is 0.304. The number of nitrogens with one attached hydrogen (secondary N) is 1. The Morgan fingerprint density at radius 2 is 2.10 bits per heavy atom. The van der Waals surface area contributed by atoms with E-state index in [0.717, 1.165) is 19.3 Å². The Hall–Kier alpha value is -3.26. The maximum absolute atomic E-state index is 16.0. The van der Waals surface area contributed by atoms with Gasteiger partial charge >= 0.3 is 0 Å². The summed E-state index contributed by atoms with van der Waals surface area (Å²) < 4.78 is 37.7. The van der Waals surface area contributed by atoms with Gasteiger partial charge in [-0.15, -0.1) is 0 Å². The van der Waals surface area contributed by atoms with E-state index in [1.165, 1.54) is 12.1 Å². The first kappa shape index (κ1) is 19.7. The monoisotopic (exact) mass is 424 g/mol. The lowest BCUT2D eigenvalue weighted by atomic mass is 9.95. The van der Waals surface area contributed by atoms with Gasteiger partial charge in [0, 0.05) is 30.0 Å². The zero-order valence-corrected chi connectivity index (χ0v) is 17.0. The van der Waals surface area contributed by atoms with E-state index in [0.29, 0.717) is 46.6 Å². The average Bonchev–Trinajstić information content (AvgIpc) is 3.44. The average molecular weight is 424 g/mol. The van der Waals surface area contributed by atoms with Crippen LogP contribution in [0.2, 0.25) is 0 Å². The van der Waals surface area contributed by atoms with Crippen LogP contribution in [0.5, 0.6) is 5.75 Å². The molecule has 0 bridgehead atoms. The smallest absolute Gasteiger partial charge is 0.165 e. The number of phenols is 1. The number of rotatable bonds is 4. The number of aromatic hydroxyl groups is 1. The molecule has 3 heterocycles. The van der Waals surface area contributed by atoms with Gasteiger partial charge in [0.1, 0.15) is 11.2 Å². The summed E-state index contributed by atoms with van der Waals surface area (Å²) in [7, 11) is 0. The molecule has 0 saturated carbocycles. The van der Waals surface area contributed by atoms with E-state index in [1.54, 1.807) is 29.2 Å². The largest absolute Gasteiger partial charge is 0.505 e. The molecule has 160 valence electrons. The predicted molar refractivity (Wildman–Crippen MR) is 113 cm³/mol. The number of fused-ring (bicyclic) bond motifs is 1. The molecule has 1 aliphatic rings. The third kappa shape index (κ3) is 3.27. The van der Waals surface area contributed by atoms with Crippen LogP contribution in [-0.2, 0) is 11.2 Å². The van der Waals surface area contributed by atoms with Gasteiger partial charge in [0.2, 0.25) is 0 Å². The highest BCUT2D eigenvalue weighted by Crippen LogP contribution is 2.38. The summed E-state index contributed by atoms with van der Waals surface area (Å²) in [6.45, 7) is 2.47. The number of aromatic amines is 1. The third-order valence-corrected chi connectivity index (χ3v) is 5.80. The normalized spacial score (nSPS) is 16.8. The van der Waals surface area contributed by atoms with Gasteiger partial charge in [-0.1, -0.05) is 13.0 Å². The molecular weight excluding hydrogens is 402 g/mol. The summed E-state index contributed by atoms with van der Waals surface area (Å²) in [4.78, 5) is 7.31. The van der Waals surface area contributed by atoms with E-state index in [2.05, 4.69) is 15.1 Å². The van der Waals surface area contributed by atoms with Crippen LogP contribution in [0, 0.1) is 11.6 Å². The minimum atomic E-state index is -0.785. The fourth-order valence-electron chi connectivity index (χ4n) is 4.24. The Balaban J connectivity index is 1.77.